The van der Waals surface area contributed by atoms with Gasteiger partial charge < -0.3 is 4.90 Å². The lowest BCUT2D eigenvalue weighted by Crippen LogP contribution is -2.38. The normalized spacial score (nSPS) is 14.9. The van der Waals surface area contributed by atoms with Crippen LogP contribution in [-0.2, 0) is 16.5 Å². The lowest BCUT2D eigenvalue weighted by atomic mass is 10.1. The number of para-hydroxylation sites is 1. The molecule has 0 aliphatic carbocycles. The number of fused-ring (bicyclic) bond motifs is 2. The van der Waals surface area contributed by atoms with Gasteiger partial charge >= 0.3 is 0 Å². The molecule has 0 amide bonds. The van der Waals surface area contributed by atoms with Crippen LogP contribution in [0.25, 0.3) is 0 Å². The SMILES string of the molecule is CCCc1cccc2c1Sc1ccccc1N2C(CC)S(=O)(=O)O. The van der Waals surface area contributed by atoms with Gasteiger partial charge in [-0.15, -0.1) is 0 Å². The van der Waals surface area contributed by atoms with Gasteiger partial charge in [-0.05, 0) is 36.6 Å². The van der Waals surface area contributed by atoms with E-state index in [1.807, 2.05) is 36.4 Å². The van der Waals surface area contributed by atoms with Gasteiger partial charge in [0.05, 0.1) is 11.4 Å². The van der Waals surface area contributed by atoms with Gasteiger partial charge in [0, 0.05) is 9.79 Å². The highest BCUT2D eigenvalue weighted by atomic mass is 32.2. The summed E-state index contributed by atoms with van der Waals surface area (Å²) in [6, 6.07) is 13.7. The number of aryl methyl sites for hydroxylation is 1. The summed E-state index contributed by atoms with van der Waals surface area (Å²) in [6.07, 6.45) is 2.26. The minimum absolute atomic E-state index is 0.301. The third-order valence-corrected chi connectivity index (χ3v) is 6.64. The van der Waals surface area contributed by atoms with Crippen molar-refractivity contribution in [2.24, 2.45) is 0 Å². The molecule has 0 aromatic heterocycles. The van der Waals surface area contributed by atoms with E-state index in [9.17, 15) is 13.0 Å². The van der Waals surface area contributed by atoms with E-state index in [4.69, 9.17) is 0 Å². The van der Waals surface area contributed by atoms with E-state index in [1.54, 1.807) is 23.6 Å². The van der Waals surface area contributed by atoms with Gasteiger partial charge in [-0.3, -0.25) is 4.55 Å². The Morgan fingerprint density at radius 1 is 1.08 bits per heavy atom. The van der Waals surface area contributed by atoms with Crippen LogP contribution in [0.4, 0.5) is 11.4 Å². The third-order valence-electron chi connectivity index (χ3n) is 4.17. The highest BCUT2D eigenvalue weighted by molar-refractivity contribution is 7.99. The number of nitrogens with zero attached hydrogens (tertiary/aromatic N) is 1. The summed E-state index contributed by atoms with van der Waals surface area (Å²) < 4.78 is 33.8. The van der Waals surface area contributed by atoms with Crippen LogP contribution in [-0.4, -0.2) is 18.3 Å². The van der Waals surface area contributed by atoms with E-state index in [1.165, 1.54) is 5.56 Å². The third kappa shape index (κ3) is 3.06. The lowest BCUT2D eigenvalue weighted by Gasteiger charge is -2.37. The Morgan fingerprint density at radius 2 is 1.79 bits per heavy atom. The highest BCUT2D eigenvalue weighted by Crippen LogP contribution is 2.51. The van der Waals surface area contributed by atoms with Crippen molar-refractivity contribution in [1.29, 1.82) is 0 Å². The minimum atomic E-state index is -4.21. The topological polar surface area (TPSA) is 57.6 Å². The molecule has 0 spiro atoms. The molecule has 0 bridgehead atoms. The molecule has 0 saturated carbocycles. The summed E-state index contributed by atoms with van der Waals surface area (Å²) in [7, 11) is -4.21. The van der Waals surface area contributed by atoms with Crippen LogP contribution < -0.4 is 4.90 Å². The second kappa shape index (κ2) is 6.78. The molecule has 6 heteroatoms. The van der Waals surface area contributed by atoms with Crippen LogP contribution in [0.3, 0.4) is 0 Å². The molecule has 0 fully saturated rings. The molecule has 1 heterocycles. The van der Waals surface area contributed by atoms with Gasteiger partial charge in [-0.2, -0.15) is 8.42 Å². The van der Waals surface area contributed by atoms with Crippen LogP contribution in [0, 0.1) is 0 Å². The molecule has 4 nitrogen and oxygen atoms in total. The molecule has 24 heavy (non-hydrogen) atoms. The molecule has 0 radical (unpaired) electrons. The fraction of sp³-hybridized carbons (Fsp3) is 0.333. The van der Waals surface area contributed by atoms with Crippen molar-refractivity contribution in [2.45, 2.75) is 48.3 Å². The van der Waals surface area contributed by atoms with Crippen molar-refractivity contribution in [2.75, 3.05) is 4.90 Å². The molecule has 1 atom stereocenters. The first-order valence-electron chi connectivity index (χ1n) is 8.11. The summed E-state index contributed by atoms with van der Waals surface area (Å²) in [5.41, 5.74) is 2.90. The average molecular weight is 364 g/mol. The highest BCUT2D eigenvalue weighted by Gasteiger charge is 2.35. The predicted octanol–water partition coefficient (Wildman–Crippen LogP) is 4.87. The standard InChI is InChI=1S/C18H21NO3S2/c1-3-8-13-9-7-11-15-18(13)23-16-12-6-5-10-14(16)19(15)17(4-2)24(20,21)22/h5-7,9-12,17H,3-4,8H2,1-2H3,(H,20,21,22). The van der Waals surface area contributed by atoms with Gasteiger partial charge in [-0.25, -0.2) is 0 Å². The number of anilines is 2. The fourth-order valence-electron chi connectivity index (χ4n) is 3.16. The van der Waals surface area contributed by atoms with Crippen molar-refractivity contribution in [3.05, 3.63) is 48.0 Å². The maximum atomic E-state index is 12.0. The Hall–Kier alpha value is -1.50. The molecule has 3 rings (SSSR count). The maximum absolute atomic E-state index is 12.0. The number of benzene rings is 2. The lowest BCUT2D eigenvalue weighted by molar-refractivity contribution is 0.464. The van der Waals surface area contributed by atoms with Crippen molar-refractivity contribution in [3.8, 4) is 0 Å². The second-order valence-electron chi connectivity index (χ2n) is 5.83. The van der Waals surface area contributed by atoms with Crippen LogP contribution in [0.5, 0.6) is 0 Å². The van der Waals surface area contributed by atoms with E-state index in [0.29, 0.717) is 6.42 Å². The van der Waals surface area contributed by atoms with E-state index < -0.39 is 15.5 Å². The molecular weight excluding hydrogens is 342 g/mol. The Labute approximate surface area is 147 Å². The molecule has 2 aromatic carbocycles. The molecule has 0 saturated heterocycles. The Morgan fingerprint density at radius 3 is 2.46 bits per heavy atom. The largest absolute Gasteiger partial charge is 0.320 e. The Kier molecular flexibility index (Phi) is 4.90. The maximum Gasteiger partial charge on any atom is 0.286 e. The molecule has 2 aromatic rings. The first-order valence-corrected chi connectivity index (χ1v) is 10.4. The van der Waals surface area contributed by atoms with Crippen LogP contribution in [0.2, 0.25) is 0 Å². The zero-order valence-corrected chi connectivity index (χ0v) is 15.4. The van der Waals surface area contributed by atoms with Gasteiger partial charge in [-0.1, -0.05) is 56.3 Å². The van der Waals surface area contributed by atoms with Crippen LogP contribution >= 0.6 is 11.8 Å². The zero-order chi connectivity index (χ0) is 17.3. The first-order chi connectivity index (χ1) is 11.5. The van der Waals surface area contributed by atoms with E-state index >= 15 is 0 Å². The second-order valence-corrected chi connectivity index (χ2v) is 8.46. The van der Waals surface area contributed by atoms with E-state index in [0.717, 1.165) is 34.0 Å². The van der Waals surface area contributed by atoms with Gasteiger partial charge in [0.2, 0.25) is 0 Å². The molecule has 1 aliphatic heterocycles. The van der Waals surface area contributed by atoms with Gasteiger partial charge in [0.1, 0.15) is 0 Å². The smallest absolute Gasteiger partial charge is 0.286 e. The summed E-state index contributed by atoms with van der Waals surface area (Å²) in [5, 5.41) is -0.991. The molecule has 1 aliphatic rings. The summed E-state index contributed by atoms with van der Waals surface area (Å²) in [6.45, 7) is 3.91. The monoisotopic (exact) mass is 363 g/mol. The molecule has 1 unspecified atom stereocenters. The average Bonchev–Trinajstić information content (AvgIpc) is 2.54. The van der Waals surface area contributed by atoms with Crippen LogP contribution in [0.15, 0.2) is 52.3 Å². The Balaban J connectivity index is 2.24. The number of hydrogen-bond acceptors (Lipinski definition) is 4. The minimum Gasteiger partial charge on any atom is -0.320 e. The quantitative estimate of drug-likeness (QED) is 0.768. The van der Waals surface area contributed by atoms with Crippen molar-refractivity contribution in [3.63, 3.8) is 0 Å². The van der Waals surface area contributed by atoms with Gasteiger partial charge in [0.25, 0.3) is 10.1 Å². The summed E-state index contributed by atoms with van der Waals surface area (Å²) in [5.74, 6) is 0. The predicted molar refractivity (Wildman–Crippen MR) is 98.8 cm³/mol. The zero-order valence-electron chi connectivity index (χ0n) is 13.8. The van der Waals surface area contributed by atoms with E-state index in [-0.39, 0.29) is 0 Å². The molecular formula is C18H21NO3S2. The van der Waals surface area contributed by atoms with Crippen molar-refractivity contribution < 1.29 is 13.0 Å². The van der Waals surface area contributed by atoms with Gasteiger partial charge in [0.15, 0.2) is 5.37 Å². The van der Waals surface area contributed by atoms with E-state index in [2.05, 4.69) is 13.0 Å². The van der Waals surface area contributed by atoms with Crippen molar-refractivity contribution >= 4 is 33.3 Å². The fourth-order valence-corrected chi connectivity index (χ4v) is 5.29. The molecule has 128 valence electrons. The first kappa shape index (κ1) is 17.3. The van der Waals surface area contributed by atoms with Crippen LogP contribution in [0.1, 0.15) is 32.3 Å². The van der Waals surface area contributed by atoms with Crippen molar-refractivity contribution in [1.82, 2.24) is 0 Å². The molecule has 1 N–H and O–H groups in total. The summed E-state index contributed by atoms with van der Waals surface area (Å²) >= 11 is 1.67. The number of rotatable bonds is 5. The number of hydrogen-bond donors (Lipinski definition) is 1. The summed E-state index contributed by atoms with van der Waals surface area (Å²) in [4.78, 5) is 3.87. The Bertz CT molecular complexity index is 849.